The Morgan fingerprint density at radius 2 is 2.00 bits per heavy atom. The van der Waals surface area contributed by atoms with Crippen molar-refractivity contribution in [2.75, 3.05) is 0 Å². The second-order valence-electron chi connectivity index (χ2n) is 5.73. The van der Waals surface area contributed by atoms with Gasteiger partial charge in [-0.05, 0) is 49.7 Å². The van der Waals surface area contributed by atoms with Gasteiger partial charge in [0, 0.05) is 10.8 Å². The van der Waals surface area contributed by atoms with Crippen LogP contribution in [0.4, 0.5) is 0 Å². The maximum atomic E-state index is 12.4. The van der Waals surface area contributed by atoms with Crippen molar-refractivity contribution < 1.29 is 4.79 Å². The molecule has 2 heteroatoms. The van der Waals surface area contributed by atoms with Gasteiger partial charge in [-0.2, -0.15) is 0 Å². The standard InChI is InChI=1S/C15H20OS/c1-10-5-7-11(8-6-10)15(16)14-9-12-3-2-4-13(12)17-14/h9-11H,2-8H2,1H3. The summed E-state index contributed by atoms with van der Waals surface area (Å²) in [5.41, 5.74) is 1.46. The maximum absolute atomic E-state index is 12.4. The molecule has 0 spiro atoms. The molecule has 0 aromatic carbocycles. The van der Waals surface area contributed by atoms with Gasteiger partial charge >= 0.3 is 0 Å². The SMILES string of the molecule is CC1CCC(C(=O)c2cc3c(s2)CCC3)CC1. The average molecular weight is 248 g/mol. The fourth-order valence-electron chi connectivity index (χ4n) is 3.17. The van der Waals surface area contributed by atoms with Crippen LogP contribution >= 0.6 is 11.3 Å². The molecule has 0 aliphatic heterocycles. The molecule has 0 atom stereocenters. The molecule has 3 rings (SSSR count). The van der Waals surface area contributed by atoms with Crippen LogP contribution < -0.4 is 0 Å². The highest BCUT2D eigenvalue weighted by Gasteiger charge is 2.27. The number of hydrogen-bond acceptors (Lipinski definition) is 2. The van der Waals surface area contributed by atoms with E-state index in [4.69, 9.17) is 0 Å². The van der Waals surface area contributed by atoms with Crippen LogP contribution in [0, 0.1) is 11.8 Å². The Bertz CT molecular complexity index is 403. The molecule has 92 valence electrons. The summed E-state index contributed by atoms with van der Waals surface area (Å²) in [5.74, 6) is 1.59. The number of Topliss-reactive ketones (excluding diaryl/α,β-unsaturated/α-hetero) is 1. The van der Waals surface area contributed by atoms with Gasteiger partial charge in [-0.25, -0.2) is 0 Å². The lowest BCUT2D eigenvalue weighted by Crippen LogP contribution is -2.20. The summed E-state index contributed by atoms with van der Waals surface area (Å²) in [6, 6.07) is 2.19. The van der Waals surface area contributed by atoms with E-state index in [1.807, 2.05) is 0 Å². The Hall–Kier alpha value is -0.630. The lowest BCUT2D eigenvalue weighted by atomic mass is 9.80. The van der Waals surface area contributed by atoms with Gasteiger partial charge in [-0.15, -0.1) is 11.3 Å². The van der Waals surface area contributed by atoms with Crippen molar-refractivity contribution in [1.82, 2.24) is 0 Å². The number of fused-ring (bicyclic) bond motifs is 1. The molecule has 0 amide bonds. The van der Waals surface area contributed by atoms with E-state index in [1.165, 1.54) is 42.5 Å². The highest BCUT2D eigenvalue weighted by Crippen LogP contribution is 2.35. The molecule has 1 saturated carbocycles. The molecule has 0 N–H and O–H groups in total. The van der Waals surface area contributed by atoms with E-state index in [0.29, 0.717) is 11.7 Å². The highest BCUT2D eigenvalue weighted by atomic mass is 32.1. The summed E-state index contributed by atoms with van der Waals surface area (Å²) < 4.78 is 0. The fraction of sp³-hybridized carbons (Fsp3) is 0.667. The van der Waals surface area contributed by atoms with E-state index in [2.05, 4.69) is 13.0 Å². The summed E-state index contributed by atoms with van der Waals surface area (Å²) in [7, 11) is 0. The van der Waals surface area contributed by atoms with Crippen molar-refractivity contribution in [3.63, 3.8) is 0 Å². The molecule has 0 radical (unpaired) electrons. The summed E-state index contributed by atoms with van der Waals surface area (Å²) in [4.78, 5) is 15.0. The lowest BCUT2D eigenvalue weighted by Gasteiger charge is -2.24. The Kier molecular flexibility index (Phi) is 3.08. The molecule has 1 fully saturated rings. The number of rotatable bonds is 2. The summed E-state index contributed by atoms with van der Waals surface area (Å²) in [6.45, 7) is 2.31. The summed E-state index contributed by atoms with van der Waals surface area (Å²) in [6.07, 6.45) is 8.39. The zero-order chi connectivity index (χ0) is 11.8. The molecule has 1 aromatic heterocycles. The van der Waals surface area contributed by atoms with Crippen LogP contribution in [0.25, 0.3) is 0 Å². The first kappa shape index (κ1) is 11.5. The molecular formula is C15H20OS. The smallest absolute Gasteiger partial charge is 0.175 e. The quantitative estimate of drug-likeness (QED) is 0.715. The number of thiophene rings is 1. The number of ketones is 1. The number of carbonyl (C=O) groups excluding carboxylic acids is 1. The van der Waals surface area contributed by atoms with Crippen molar-refractivity contribution in [3.05, 3.63) is 21.4 Å². The van der Waals surface area contributed by atoms with Crippen molar-refractivity contribution in [1.29, 1.82) is 0 Å². The van der Waals surface area contributed by atoms with Crippen LogP contribution in [0.5, 0.6) is 0 Å². The van der Waals surface area contributed by atoms with E-state index in [0.717, 1.165) is 23.6 Å². The van der Waals surface area contributed by atoms with E-state index in [1.54, 1.807) is 11.3 Å². The van der Waals surface area contributed by atoms with E-state index >= 15 is 0 Å². The zero-order valence-electron chi connectivity index (χ0n) is 10.5. The monoisotopic (exact) mass is 248 g/mol. The second-order valence-corrected chi connectivity index (χ2v) is 6.87. The molecule has 1 aromatic rings. The summed E-state index contributed by atoms with van der Waals surface area (Å²) >= 11 is 1.78. The predicted molar refractivity (Wildman–Crippen MR) is 71.8 cm³/mol. The minimum Gasteiger partial charge on any atom is -0.293 e. The minimum absolute atomic E-state index is 0.324. The molecule has 0 bridgehead atoms. The van der Waals surface area contributed by atoms with Gasteiger partial charge in [-0.1, -0.05) is 19.8 Å². The third-order valence-electron chi connectivity index (χ3n) is 4.38. The largest absolute Gasteiger partial charge is 0.293 e. The van der Waals surface area contributed by atoms with Crippen LogP contribution in [-0.4, -0.2) is 5.78 Å². The Morgan fingerprint density at radius 3 is 2.71 bits per heavy atom. The maximum Gasteiger partial charge on any atom is 0.175 e. The topological polar surface area (TPSA) is 17.1 Å². The fourth-order valence-corrected chi connectivity index (χ4v) is 4.45. The minimum atomic E-state index is 0.324. The van der Waals surface area contributed by atoms with Gasteiger partial charge in [0.1, 0.15) is 0 Å². The molecular weight excluding hydrogens is 228 g/mol. The van der Waals surface area contributed by atoms with Crippen LogP contribution in [0.1, 0.15) is 59.1 Å². The lowest BCUT2D eigenvalue weighted by molar-refractivity contribution is 0.0880. The van der Waals surface area contributed by atoms with Gasteiger partial charge in [0.25, 0.3) is 0 Å². The molecule has 1 heterocycles. The van der Waals surface area contributed by atoms with Gasteiger partial charge in [0.2, 0.25) is 0 Å². The Morgan fingerprint density at radius 1 is 1.24 bits per heavy atom. The third kappa shape index (κ3) is 2.20. The molecule has 0 unspecified atom stereocenters. The van der Waals surface area contributed by atoms with Gasteiger partial charge in [0.05, 0.1) is 4.88 Å². The first-order valence-corrected chi connectivity index (χ1v) is 7.71. The van der Waals surface area contributed by atoms with Crippen LogP contribution in [0.3, 0.4) is 0 Å². The van der Waals surface area contributed by atoms with Crippen molar-refractivity contribution in [2.24, 2.45) is 11.8 Å². The second kappa shape index (κ2) is 4.56. The van der Waals surface area contributed by atoms with Gasteiger partial charge in [0.15, 0.2) is 5.78 Å². The number of carbonyl (C=O) groups is 1. The highest BCUT2D eigenvalue weighted by molar-refractivity contribution is 7.14. The molecule has 1 nitrogen and oxygen atoms in total. The first-order chi connectivity index (χ1) is 8.24. The van der Waals surface area contributed by atoms with Crippen molar-refractivity contribution in [2.45, 2.75) is 51.9 Å². The van der Waals surface area contributed by atoms with Crippen molar-refractivity contribution in [3.8, 4) is 0 Å². The molecule has 2 aliphatic rings. The van der Waals surface area contributed by atoms with E-state index < -0.39 is 0 Å². The van der Waals surface area contributed by atoms with Crippen molar-refractivity contribution >= 4 is 17.1 Å². The predicted octanol–water partition coefficient (Wildman–Crippen LogP) is 4.25. The normalized spacial score (nSPS) is 28.1. The van der Waals surface area contributed by atoms with Gasteiger partial charge in [-0.3, -0.25) is 4.79 Å². The van der Waals surface area contributed by atoms with E-state index in [9.17, 15) is 4.79 Å². The average Bonchev–Trinajstić information content (AvgIpc) is 2.89. The Labute approximate surface area is 107 Å². The summed E-state index contributed by atoms with van der Waals surface area (Å²) in [5, 5.41) is 0. The van der Waals surface area contributed by atoms with Crippen LogP contribution in [0.15, 0.2) is 6.07 Å². The first-order valence-electron chi connectivity index (χ1n) is 6.90. The zero-order valence-corrected chi connectivity index (χ0v) is 11.3. The number of aryl methyl sites for hydroxylation is 2. The van der Waals surface area contributed by atoms with E-state index in [-0.39, 0.29) is 0 Å². The molecule has 17 heavy (non-hydrogen) atoms. The third-order valence-corrected chi connectivity index (χ3v) is 5.63. The van der Waals surface area contributed by atoms with Crippen LogP contribution in [0.2, 0.25) is 0 Å². The molecule has 2 aliphatic carbocycles. The number of hydrogen-bond donors (Lipinski definition) is 0. The van der Waals surface area contributed by atoms with Gasteiger partial charge < -0.3 is 0 Å². The van der Waals surface area contributed by atoms with Crippen LogP contribution in [-0.2, 0) is 12.8 Å². The Balaban J connectivity index is 1.73. The molecule has 0 saturated heterocycles.